The molecule has 4 aliphatic carbocycles. The van der Waals surface area contributed by atoms with Crippen molar-refractivity contribution in [1.82, 2.24) is 5.32 Å². The van der Waals surface area contributed by atoms with Gasteiger partial charge in [-0.2, -0.15) is 0 Å². The minimum absolute atomic E-state index is 0.0858. The zero-order chi connectivity index (χ0) is 18.1. The number of aromatic hydroxyl groups is 1. The Kier molecular flexibility index (Phi) is 3.39. The van der Waals surface area contributed by atoms with Crippen molar-refractivity contribution in [2.45, 2.75) is 64.3 Å². The Morgan fingerprint density at radius 3 is 2.35 bits per heavy atom. The summed E-state index contributed by atoms with van der Waals surface area (Å²) < 4.78 is 0. The number of ketones is 1. The number of carbonyl (C=O) groups is 1. The molecule has 2 N–H and O–H groups in total. The molecule has 0 radical (unpaired) electrons. The summed E-state index contributed by atoms with van der Waals surface area (Å²) in [4.78, 5) is 13.5. The van der Waals surface area contributed by atoms with Crippen LogP contribution in [0.1, 0.15) is 63.5 Å². The Morgan fingerprint density at radius 1 is 1.12 bits per heavy atom. The molecule has 5 aliphatic rings. The SMILES string of the molecule is CC1(C)Cc2ccc(O)cc2C(=CC(=O)C23CC4CC(CC(C4)C2)C3)N1. The lowest BCUT2D eigenvalue weighted by atomic mass is 9.48. The highest BCUT2D eigenvalue weighted by atomic mass is 16.3. The molecule has 6 rings (SSSR count). The Balaban J connectivity index is 1.52. The third kappa shape index (κ3) is 2.59. The second kappa shape index (κ2) is 5.37. The largest absolute Gasteiger partial charge is 0.508 e. The molecule has 3 nitrogen and oxygen atoms in total. The molecule has 1 aliphatic heterocycles. The van der Waals surface area contributed by atoms with Gasteiger partial charge in [-0.25, -0.2) is 0 Å². The standard InChI is InChI=1S/C23H29NO2/c1-22(2)13-17-3-4-18(25)8-19(17)20(24-22)9-21(26)23-10-14-5-15(11-23)7-16(6-14)12-23/h3-4,8-9,14-16,24-25H,5-7,10-13H2,1-2H3. The van der Waals surface area contributed by atoms with E-state index in [9.17, 15) is 9.90 Å². The first-order valence-corrected chi connectivity index (χ1v) is 10.2. The summed E-state index contributed by atoms with van der Waals surface area (Å²) in [5, 5.41) is 13.5. The highest BCUT2D eigenvalue weighted by Gasteiger charge is 2.54. The maximum Gasteiger partial charge on any atom is 0.163 e. The molecular formula is C23H29NO2. The quantitative estimate of drug-likeness (QED) is 0.774. The lowest BCUT2D eigenvalue weighted by Crippen LogP contribution is -2.50. The molecule has 0 spiro atoms. The van der Waals surface area contributed by atoms with Crippen LogP contribution in [0.15, 0.2) is 24.3 Å². The van der Waals surface area contributed by atoms with Crippen LogP contribution in [0.2, 0.25) is 0 Å². The maximum atomic E-state index is 13.5. The maximum absolute atomic E-state index is 13.5. The average molecular weight is 351 g/mol. The second-order valence-corrected chi connectivity index (χ2v) is 10.1. The number of nitrogens with one attached hydrogen (secondary N) is 1. The Hall–Kier alpha value is -1.77. The molecule has 1 aromatic carbocycles. The third-order valence-corrected chi connectivity index (χ3v) is 7.33. The number of rotatable bonds is 2. The summed E-state index contributed by atoms with van der Waals surface area (Å²) >= 11 is 0. The van der Waals surface area contributed by atoms with Gasteiger partial charge in [0, 0.05) is 28.3 Å². The summed E-state index contributed by atoms with van der Waals surface area (Å²) in [6.45, 7) is 4.34. The molecule has 26 heavy (non-hydrogen) atoms. The van der Waals surface area contributed by atoms with E-state index < -0.39 is 0 Å². The van der Waals surface area contributed by atoms with Crippen LogP contribution in [0.3, 0.4) is 0 Å². The monoisotopic (exact) mass is 351 g/mol. The van der Waals surface area contributed by atoms with Crippen molar-refractivity contribution in [3.63, 3.8) is 0 Å². The zero-order valence-electron chi connectivity index (χ0n) is 15.8. The number of fused-ring (bicyclic) bond motifs is 1. The molecule has 4 bridgehead atoms. The summed E-state index contributed by atoms with van der Waals surface area (Å²) in [5.74, 6) is 2.91. The van der Waals surface area contributed by atoms with Crippen LogP contribution >= 0.6 is 0 Å². The van der Waals surface area contributed by atoms with Crippen LogP contribution in [0.4, 0.5) is 0 Å². The van der Waals surface area contributed by atoms with Crippen LogP contribution in [-0.2, 0) is 11.2 Å². The summed E-state index contributed by atoms with van der Waals surface area (Å²) in [6, 6.07) is 5.55. The van der Waals surface area contributed by atoms with Gasteiger partial charge in [-0.1, -0.05) is 6.07 Å². The van der Waals surface area contributed by atoms with E-state index in [1.807, 2.05) is 12.1 Å². The fraction of sp³-hybridized carbons (Fsp3) is 0.609. The van der Waals surface area contributed by atoms with Gasteiger partial charge in [0.2, 0.25) is 0 Å². The number of benzene rings is 1. The second-order valence-electron chi connectivity index (χ2n) is 10.1. The van der Waals surface area contributed by atoms with Gasteiger partial charge in [0.1, 0.15) is 5.75 Å². The highest BCUT2D eigenvalue weighted by Crippen LogP contribution is 2.60. The molecule has 0 unspecified atom stereocenters. The Bertz CT molecular complexity index is 769. The Morgan fingerprint density at radius 2 is 1.73 bits per heavy atom. The lowest BCUT2D eigenvalue weighted by Gasteiger charge is -2.55. The van der Waals surface area contributed by atoms with Crippen LogP contribution in [0, 0.1) is 23.2 Å². The minimum atomic E-state index is -0.109. The molecule has 1 heterocycles. The van der Waals surface area contributed by atoms with E-state index in [0.717, 1.165) is 54.7 Å². The average Bonchev–Trinajstić information content (AvgIpc) is 2.53. The lowest BCUT2D eigenvalue weighted by molar-refractivity contribution is -0.138. The molecule has 4 fully saturated rings. The molecule has 3 heteroatoms. The first-order valence-electron chi connectivity index (χ1n) is 10.2. The predicted octanol–water partition coefficient (Wildman–Crippen LogP) is 4.44. The van der Waals surface area contributed by atoms with E-state index in [1.165, 1.54) is 24.8 Å². The normalized spacial score (nSPS) is 38.1. The van der Waals surface area contributed by atoms with Gasteiger partial charge in [0.25, 0.3) is 0 Å². The van der Waals surface area contributed by atoms with Gasteiger partial charge in [-0.15, -0.1) is 0 Å². The van der Waals surface area contributed by atoms with Crippen molar-refractivity contribution in [2.24, 2.45) is 23.2 Å². The molecule has 4 saturated carbocycles. The van der Waals surface area contributed by atoms with E-state index in [1.54, 1.807) is 12.1 Å². The van der Waals surface area contributed by atoms with Crippen molar-refractivity contribution in [2.75, 3.05) is 0 Å². The van der Waals surface area contributed by atoms with Gasteiger partial charge in [0.05, 0.1) is 0 Å². The van der Waals surface area contributed by atoms with Crippen molar-refractivity contribution in [3.05, 3.63) is 35.4 Å². The fourth-order valence-corrected chi connectivity index (χ4v) is 6.73. The number of phenolic OH excluding ortho intramolecular Hbond substituents is 1. The van der Waals surface area contributed by atoms with Gasteiger partial charge < -0.3 is 10.4 Å². The van der Waals surface area contributed by atoms with Crippen LogP contribution in [0.25, 0.3) is 5.70 Å². The topological polar surface area (TPSA) is 49.3 Å². The third-order valence-electron chi connectivity index (χ3n) is 7.33. The smallest absolute Gasteiger partial charge is 0.163 e. The van der Waals surface area contributed by atoms with Crippen LogP contribution < -0.4 is 5.32 Å². The van der Waals surface area contributed by atoms with Gasteiger partial charge in [-0.3, -0.25) is 4.79 Å². The van der Waals surface area contributed by atoms with Gasteiger partial charge in [0.15, 0.2) is 5.78 Å². The molecule has 0 saturated heterocycles. The summed E-state index contributed by atoms with van der Waals surface area (Å²) in [5.41, 5.74) is 2.89. The molecular weight excluding hydrogens is 322 g/mol. The van der Waals surface area contributed by atoms with Crippen LogP contribution in [-0.4, -0.2) is 16.4 Å². The van der Waals surface area contributed by atoms with E-state index in [4.69, 9.17) is 0 Å². The number of carbonyl (C=O) groups excluding carboxylic acids is 1. The van der Waals surface area contributed by atoms with E-state index >= 15 is 0 Å². The molecule has 0 atom stereocenters. The molecule has 1 aromatic rings. The Labute approximate surface area is 155 Å². The molecule has 138 valence electrons. The van der Waals surface area contributed by atoms with Gasteiger partial charge in [-0.05, 0) is 94.2 Å². The number of phenols is 1. The van der Waals surface area contributed by atoms with Gasteiger partial charge >= 0.3 is 0 Å². The first-order chi connectivity index (χ1) is 12.3. The van der Waals surface area contributed by atoms with Crippen LogP contribution in [0.5, 0.6) is 5.75 Å². The van der Waals surface area contributed by atoms with Crippen molar-refractivity contribution >= 4 is 11.5 Å². The zero-order valence-corrected chi connectivity index (χ0v) is 15.8. The summed E-state index contributed by atoms with van der Waals surface area (Å²) in [7, 11) is 0. The number of allylic oxidation sites excluding steroid dienone is 1. The fourth-order valence-electron chi connectivity index (χ4n) is 6.73. The molecule has 0 amide bonds. The van der Waals surface area contributed by atoms with Crippen molar-refractivity contribution in [1.29, 1.82) is 0 Å². The van der Waals surface area contributed by atoms with Crippen molar-refractivity contribution in [3.8, 4) is 5.75 Å². The predicted molar refractivity (Wildman–Crippen MR) is 103 cm³/mol. The summed E-state index contributed by atoms with van der Waals surface area (Å²) in [6.07, 6.45) is 10.1. The minimum Gasteiger partial charge on any atom is -0.508 e. The van der Waals surface area contributed by atoms with E-state index in [-0.39, 0.29) is 16.7 Å². The van der Waals surface area contributed by atoms with E-state index in [0.29, 0.717) is 5.78 Å². The highest BCUT2D eigenvalue weighted by molar-refractivity contribution is 6.01. The number of hydrogen-bond acceptors (Lipinski definition) is 3. The first kappa shape index (κ1) is 16.4. The number of hydrogen-bond donors (Lipinski definition) is 2. The van der Waals surface area contributed by atoms with E-state index in [2.05, 4.69) is 19.2 Å². The van der Waals surface area contributed by atoms with Crippen molar-refractivity contribution < 1.29 is 9.90 Å². The molecule has 0 aromatic heterocycles.